The number of rotatable bonds is 5. The number of hydrogen-bond acceptors (Lipinski definition) is 4. The topological polar surface area (TPSA) is 78.9 Å². The number of halogens is 1. The third-order valence-electron chi connectivity index (χ3n) is 5.53. The number of benzene rings is 2. The third-order valence-corrected chi connectivity index (χ3v) is 5.79. The van der Waals surface area contributed by atoms with Crippen LogP contribution >= 0.6 is 11.6 Å². The molecule has 4 aromatic rings. The number of fused-ring (bicyclic) bond motifs is 1. The molecule has 1 fully saturated rings. The third kappa shape index (κ3) is 3.41. The predicted octanol–water partition coefficient (Wildman–Crippen LogP) is 3.53. The molecule has 156 valence electrons. The van der Waals surface area contributed by atoms with Gasteiger partial charge in [-0.15, -0.1) is 0 Å². The Labute approximate surface area is 182 Å². The van der Waals surface area contributed by atoms with Crippen LogP contribution in [-0.4, -0.2) is 24.5 Å². The van der Waals surface area contributed by atoms with Crippen molar-refractivity contribution in [2.45, 2.75) is 32.4 Å². The lowest BCUT2D eigenvalue weighted by molar-refractivity contribution is 0.0973. The van der Waals surface area contributed by atoms with Crippen LogP contribution in [0.3, 0.4) is 0 Å². The van der Waals surface area contributed by atoms with Crippen molar-refractivity contribution < 1.29 is 4.79 Å². The van der Waals surface area contributed by atoms with Crippen LogP contribution in [0.15, 0.2) is 64.4 Å². The number of imidazole rings is 1. The number of ketones is 1. The van der Waals surface area contributed by atoms with Gasteiger partial charge in [-0.1, -0.05) is 29.3 Å². The highest BCUT2D eigenvalue weighted by molar-refractivity contribution is 6.30. The first kappa shape index (κ1) is 19.5. The number of nitrogens with zero attached hydrogens (tertiary/aromatic N) is 4. The van der Waals surface area contributed by atoms with Crippen molar-refractivity contribution in [1.82, 2.24) is 18.7 Å². The van der Waals surface area contributed by atoms with Crippen LogP contribution in [0.1, 0.15) is 34.8 Å². The van der Waals surface area contributed by atoms with Gasteiger partial charge in [-0.25, -0.2) is 14.3 Å². The van der Waals surface area contributed by atoms with Gasteiger partial charge in [-0.05, 0) is 56.2 Å². The van der Waals surface area contributed by atoms with Gasteiger partial charge in [0.15, 0.2) is 16.9 Å². The van der Waals surface area contributed by atoms with Crippen LogP contribution in [-0.2, 0) is 6.54 Å². The molecular weight excluding hydrogens is 416 g/mol. The Balaban J connectivity index is 1.69. The summed E-state index contributed by atoms with van der Waals surface area (Å²) in [5, 5.41) is 0.541. The fourth-order valence-electron chi connectivity index (χ4n) is 3.74. The van der Waals surface area contributed by atoms with E-state index in [4.69, 9.17) is 11.6 Å². The minimum Gasteiger partial charge on any atom is -0.317 e. The molecule has 0 atom stereocenters. The van der Waals surface area contributed by atoms with Crippen LogP contribution in [0.2, 0.25) is 5.02 Å². The molecule has 0 radical (unpaired) electrons. The Morgan fingerprint density at radius 3 is 2.39 bits per heavy atom. The zero-order valence-corrected chi connectivity index (χ0v) is 17.5. The van der Waals surface area contributed by atoms with E-state index in [1.807, 2.05) is 31.2 Å². The summed E-state index contributed by atoms with van der Waals surface area (Å²) < 4.78 is 4.28. The van der Waals surface area contributed by atoms with Crippen molar-refractivity contribution in [3.8, 4) is 5.69 Å². The quantitative estimate of drug-likeness (QED) is 0.450. The van der Waals surface area contributed by atoms with Crippen molar-refractivity contribution in [2.75, 3.05) is 0 Å². The number of hydrogen-bond donors (Lipinski definition) is 0. The van der Waals surface area contributed by atoms with Crippen molar-refractivity contribution in [3.63, 3.8) is 0 Å². The summed E-state index contributed by atoms with van der Waals surface area (Å²) in [5.74, 6) is -0.179. The van der Waals surface area contributed by atoms with Gasteiger partial charge >= 0.3 is 5.69 Å². The van der Waals surface area contributed by atoms with Gasteiger partial charge in [0, 0.05) is 16.6 Å². The molecule has 7 nitrogen and oxygen atoms in total. The van der Waals surface area contributed by atoms with Crippen molar-refractivity contribution in [2.24, 2.45) is 0 Å². The van der Waals surface area contributed by atoms with E-state index >= 15 is 0 Å². The Bertz CT molecular complexity index is 1430. The molecule has 1 saturated carbocycles. The van der Waals surface area contributed by atoms with Crippen LogP contribution in [0, 0.1) is 6.92 Å². The highest BCUT2D eigenvalue weighted by Crippen LogP contribution is 2.32. The first-order chi connectivity index (χ1) is 14.9. The molecule has 0 saturated heterocycles. The molecule has 1 aliphatic carbocycles. The highest BCUT2D eigenvalue weighted by Gasteiger charge is 2.30. The number of Topliss-reactive ketones (excluding diaryl/α,β-unsaturated/α-hetero) is 1. The van der Waals surface area contributed by atoms with E-state index < -0.39 is 11.2 Å². The van der Waals surface area contributed by atoms with E-state index in [9.17, 15) is 14.4 Å². The zero-order valence-electron chi connectivity index (χ0n) is 16.8. The number of carbonyl (C=O) groups is 1. The Hall–Kier alpha value is -3.45. The first-order valence-corrected chi connectivity index (χ1v) is 10.4. The van der Waals surface area contributed by atoms with Crippen LogP contribution in [0.4, 0.5) is 0 Å². The minimum absolute atomic E-state index is 0.0653. The van der Waals surface area contributed by atoms with E-state index in [1.165, 1.54) is 20.0 Å². The Morgan fingerprint density at radius 1 is 1.06 bits per heavy atom. The normalized spacial score (nSPS) is 13.6. The van der Waals surface area contributed by atoms with Gasteiger partial charge < -0.3 is 4.57 Å². The fraction of sp³-hybridized carbons (Fsp3) is 0.217. The van der Waals surface area contributed by atoms with Gasteiger partial charge in [0.05, 0.1) is 18.6 Å². The second-order valence-electron chi connectivity index (χ2n) is 7.83. The molecule has 0 aliphatic heterocycles. The molecule has 0 unspecified atom stereocenters. The minimum atomic E-state index is -0.410. The zero-order chi connectivity index (χ0) is 21.7. The standard InChI is InChI=1S/C23H19ClN4O3/c1-14-2-8-17(9-3-14)27-21-20(22(30)28(23(27)31)18-10-11-18)26(13-25-21)12-19(29)15-4-6-16(24)7-5-15/h2-9,13,18H,10-12H2,1H3. The van der Waals surface area contributed by atoms with E-state index in [1.54, 1.807) is 24.3 Å². The average Bonchev–Trinajstić information content (AvgIpc) is 3.50. The molecule has 1 aliphatic rings. The molecule has 2 aromatic heterocycles. The summed E-state index contributed by atoms with van der Waals surface area (Å²) in [6.45, 7) is 1.90. The molecule has 0 bridgehead atoms. The second-order valence-corrected chi connectivity index (χ2v) is 8.27. The lowest BCUT2D eigenvalue weighted by atomic mass is 10.1. The monoisotopic (exact) mass is 434 g/mol. The van der Waals surface area contributed by atoms with Crippen molar-refractivity contribution in [3.05, 3.63) is 91.8 Å². The van der Waals surface area contributed by atoms with Gasteiger partial charge in [-0.3, -0.25) is 14.2 Å². The summed E-state index contributed by atoms with van der Waals surface area (Å²) in [7, 11) is 0. The van der Waals surface area contributed by atoms with E-state index in [0.717, 1.165) is 18.4 Å². The summed E-state index contributed by atoms with van der Waals surface area (Å²) in [5.41, 5.74) is 1.85. The molecule has 2 heterocycles. The molecule has 31 heavy (non-hydrogen) atoms. The van der Waals surface area contributed by atoms with Gasteiger partial charge in [0.2, 0.25) is 0 Å². The van der Waals surface area contributed by atoms with Crippen LogP contribution in [0.5, 0.6) is 0 Å². The summed E-state index contributed by atoms with van der Waals surface area (Å²) in [6.07, 6.45) is 3.01. The molecular formula is C23H19ClN4O3. The first-order valence-electron chi connectivity index (χ1n) is 10.0. The Morgan fingerprint density at radius 2 is 1.74 bits per heavy atom. The van der Waals surface area contributed by atoms with Gasteiger partial charge in [-0.2, -0.15) is 0 Å². The maximum Gasteiger partial charge on any atom is 0.337 e. The molecule has 0 spiro atoms. The molecule has 0 amide bonds. The SMILES string of the molecule is Cc1ccc(-n2c(=O)n(C3CC3)c(=O)c3c2ncn3CC(=O)c2ccc(Cl)cc2)cc1. The van der Waals surface area contributed by atoms with Gasteiger partial charge in [0.1, 0.15) is 0 Å². The maximum absolute atomic E-state index is 13.3. The Kier molecular flexibility index (Phi) is 4.63. The highest BCUT2D eigenvalue weighted by atomic mass is 35.5. The molecule has 5 rings (SSSR count). The summed E-state index contributed by atoms with van der Waals surface area (Å²) >= 11 is 5.91. The predicted molar refractivity (Wildman–Crippen MR) is 118 cm³/mol. The average molecular weight is 435 g/mol. The summed E-state index contributed by atoms with van der Waals surface area (Å²) in [4.78, 5) is 43.7. The molecule has 2 aromatic carbocycles. The van der Waals surface area contributed by atoms with Crippen LogP contribution in [0.25, 0.3) is 16.9 Å². The number of aromatic nitrogens is 4. The van der Waals surface area contributed by atoms with Crippen molar-refractivity contribution >= 4 is 28.5 Å². The maximum atomic E-state index is 13.3. The summed E-state index contributed by atoms with van der Waals surface area (Å²) in [6, 6.07) is 13.9. The number of aryl methyl sites for hydroxylation is 1. The largest absolute Gasteiger partial charge is 0.337 e. The lowest BCUT2D eigenvalue weighted by Gasteiger charge is -2.12. The van der Waals surface area contributed by atoms with Gasteiger partial charge in [0.25, 0.3) is 5.56 Å². The van der Waals surface area contributed by atoms with E-state index in [0.29, 0.717) is 16.3 Å². The smallest absolute Gasteiger partial charge is 0.317 e. The number of carbonyl (C=O) groups excluding carboxylic acids is 1. The van der Waals surface area contributed by atoms with E-state index in [-0.39, 0.29) is 29.5 Å². The fourth-order valence-corrected chi connectivity index (χ4v) is 3.86. The van der Waals surface area contributed by atoms with E-state index in [2.05, 4.69) is 4.98 Å². The molecule has 8 heteroatoms. The van der Waals surface area contributed by atoms with Crippen LogP contribution < -0.4 is 11.2 Å². The molecule has 0 N–H and O–H groups in total. The lowest BCUT2D eigenvalue weighted by Crippen LogP contribution is -2.39. The second kappa shape index (κ2) is 7.35. The van der Waals surface area contributed by atoms with Crippen molar-refractivity contribution in [1.29, 1.82) is 0 Å².